The molecule has 0 saturated heterocycles. The number of halogens is 2. The summed E-state index contributed by atoms with van der Waals surface area (Å²) >= 11 is 3.47. The molecular formula is C30H19BrFN3O4. The van der Waals surface area contributed by atoms with Gasteiger partial charge in [-0.15, -0.1) is 0 Å². The number of benzene rings is 4. The van der Waals surface area contributed by atoms with Gasteiger partial charge in [-0.2, -0.15) is 9.78 Å². The highest BCUT2D eigenvalue weighted by Gasteiger charge is 2.17. The van der Waals surface area contributed by atoms with Crippen LogP contribution in [0, 0.1) is 5.82 Å². The monoisotopic (exact) mass is 583 g/mol. The molecule has 192 valence electrons. The average Bonchev–Trinajstić information content (AvgIpc) is 3.37. The van der Waals surface area contributed by atoms with Gasteiger partial charge in [-0.3, -0.25) is 4.79 Å². The van der Waals surface area contributed by atoms with Crippen molar-refractivity contribution in [2.45, 2.75) is 0 Å². The minimum absolute atomic E-state index is 0.0180. The van der Waals surface area contributed by atoms with Crippen molar-refractivity contribution in [1.82, 2.24) is 9.66 Å². The molecule has 6 aromatic rings. The summed E-state index contributed by atoms with van der Waals surface area (Å²) in [6.07, 6.45) is 1.40. The Bertz CT molecular complexity index is 1930. The van der Waals surface area contributed by atoms with Crippen molar-refractivity contribution >= 4 is 44.0 Å². The Morgan fingerprint density at radius 3 is 2.59 bits per heavy atom. The van der Waals surface area contributed by atoms with Gasteiger partial charge >= 0.3 is 0 Å². The molecule has 9 heteroatoms. The first-order valence-corrected chi connectivity index (χ1v) is 12.7. The van der Waals surface area contributed by atoms with E-state index in [1.54, 1.807) is 54.6 Å². The van der Waals surface area contributed by atoms with Crippen LogP contribution in [-0.4, -0.2) is 23.0 Å². The van der Waals surface area contributed by atoms with Crippen molar-refractivity contribution in [1.29, 1.82) is 0 Å². The van der Waals surface area contributed by atoms with Gasteiger partial charge in [-0.1, -0.05) is 46.3 Å². The van der Waals surface area contributed by atoms with Crippen LogP contribution in [-0.2, 0) is 0 Å². The van der Waals surface area contributed by atoms with E-state index in [9.17, 15) is 9.18 Å². The minimum Gasteiger partial charge on any atom is -0.496 e. The second-order valence-electron chi connectivity index (χ2n) is 8.55. The van der Waals surface area contributed by atoms with Crippen molar-refractivity contribution in [3.05, 3.63) is 117 Å². The number of para-hydroxylation sites is 2. The number of hydrogen-bond donors (Lipinski definition) is 0. The lowest BCUT2D eigenvalue weighted by Gasteiger charge is -2.11. The highest BCUT2D eigenvalue weighted by molar-refractivity contribution is 9.10. The van der Waals surface area contributed by atoms with E-state index in [4.69, 9.17) is 18.9 Å². The molecule has 2 aromatic heterocycles. The highest BCUT2D eigenvalue weighted by Crippen LogP contribution is 2.31. The van der Waals surface area contributed by atoms with Crippen molar-refractivity contribution in [2.24, 2.45) is 5.10 Å². The standard InChI is InChI=1S/C30H19BrFN3O4/c1-37-26-16-23(32)27(38-21-7-3-2-4-8-21)15-19(26)17-33-35-29(34-24-10-6-5-9-22(24)30(35)36)28-14-18-13-20(31)11-12-25(18)39-28/h2-17H,1H3. The van der Waals surface area contributed by atoms with E-state index in [2.05, 4.69) is 21.0 Å². The molecule has 0 aliphatic carbocycles. The molecule has 0 radical (unpaired) electrons. The smallest absolute Gasteiger partial charge is 0.282 e. The van der Waals surface area contributed by atoms with Crippen molar-refractivity contribution in [3.8, 4) is 28.8 Å². The maximum Gasteiger partial charge on any atom is 0.282 e. The van der Waals surface area contributed by atoms with E-state index in [1.807, 2.05) is 24.3 Å². The second kappa shape index (κ2) is 10.2. The third-order valence-corrected chi connectivity index (χ3v) is 6.51. The fourth-order valence-corrected chi connectivity index (χ4v) is 4.54. The normalized spacial score (nSPS) is 11.5. The molecule has 39 heavy (non-hydrogen) atoms. The summed E-state index contributed by atoms with van der Waals surface area (Å²) in [5.74, 6) is 0.639. The zero-order valence-corrected chi connectivity index (χ0v) is 22.1. The Labute approximate surface area is 229 Å². The van der Waals surface area contributed by atoms with Crippen LogP contribution >= 0.6 is 15.9 Å². The molecule has 0 amide bonds. The van der Waals surface area contributed by atoms with Gasteiger partial charge in [-0.25, -0.2) is 9.37 Å². The highest BCUT2D eigenvalue weighted by atomic mass is 79.9. The van der Waals surface area contributed by atoms with Crippen LogP contribution in [0.2, 0.25) is 0 Å². The Balaban J connectivity index is 1.50. The first-order chi connectivity index (χ1) is 19.0. The quantitative estimate of drug-likeness (QED) is 0.191. The van der Waals surface area contributed by atoms with Crippen LogP contribution in [0.5, 0.6) is 17.2 Å². The number of methoxy groups -OCH3 is 1. The Morgan fingerprint density at radius 1 is 0.974 bits per heavy atom. The molecule has 0 aliphatic heterocycles. The summed E-state index contributed by atoms with van der Waals surface area (Å²) in [5.41, 5.74) is 1.14. The van der Waals surface area contributed by atoms with Crippen LogP contribution < -0.4 is 15.0 Å². The fourth-order valence-electron chi connectivity index (χ4n) is 4.16. The fraction of sp³-hybridized carbons (Fsp3) is 0.0333. The Kier molecular flexibility index (Phi) is 6.42. The van der Waals surface area contributed by atoms with Gasteiger partial charge in [0.25, 0.3) is 5.56 Å². The zero-order chi connectivity index (χ0) is 26.9. The molecular weight excluding hydrogens is 565 g/mol. The first-order valence-electron chi connectivity index (χ1n) is 11.9. The van der Waals surface area contributed by atoms with E-state index in [-0.39, 0.29) is 17.3 Å². The summed E-state index contributed by atoms with van der Waals surface area (Å²) < 4.78 is 34.0. The number of hydrogen-bond acceptors (Lipinski definition) is 6. The zero-order valence-electron chi connectivity index (χ0n) is 20.5. The summed E-state index contributed by atoms with van der Waals surface area (Å²) in [4.78, 5) is 18.3. The molecule has 0 spiro atoms. The third-order valence-electron chi connectivity index (χ3n) is 6.02. The van der Waals surface area contributed by atoms with Gasteiger partial charge < -0.3 is 13.9 Å². The average molecular weight is 584 g/mol. The molecule has 0 fully saturated rings. The lowest BCUT2D eigenvalue weighted by molar-refractivity contribution is 0.401. The molecule has 4 aromatic carbocycles. The molecule has 0 atom stereocenters. The van der Waals surface area contributed by atoms with Crippen LogP contribution in [0.15, 0.2) is 110 Å². The topological polar surface area (TPSA) is 78.8 Å². The predicted molar refractivity (Wildman–Crippen MR) is 151 cm³/mol. The van der Waals surface area contributed by atoms with E-state index in [0.29, 0.717) is 33.6 Å². The van der Waals surface area contributed by atoms with E-state index >= 15 is 0 Å². The number of ether oxygens (including phenoxy) is 2. The summed E-state index contributed by atoms with van der Waals surface area (Å²) in [7, 11) is 1.42. The minimum atomic E-state index is -0.605. The van der Waals surface area contributed by atoms with Gasteiger partial charge in [0.05, 0.1) is 24.2 Å². The maximum atomic E-state index is 14.8. The van der Waals surface area contributed by atoms with Gasteiger partial charge in [0.15, 0.2) is 17.3 Å². The number of aromatic nitrogens is 2. The van der Waals surface area contributed by atoms with E-state index in [1.165, 1.54) is 25.5 Å². The molecule has 6 rings (SSSR count). The van der Waals surface area contributed by atoms with Crippen LogP contribution in [0.25, 0.3) is 33.5 Å². The van der Waals surface area contributed by atoms with Gasteiger partial charge in [-0.05, 0) is 54.6 Å². The van der Waals surface area contributed by atoms with Crippen LogP contribution in [0.4, 0.5) is 4.39 Å². The van der Waals surface area contributed by atoms with Gasteiger partial charge in [0, 0.05) is 21.5 Å². The maximum absolute atomic E-state index is 14.8. The molecule has 0 N–H and O–H groups in total. The number of rotatable bonds is 6. The molecule has 7 nitrogen and oxygen atoms in total. The molecule has 0 unspecified atom stereocenters. The van der Waals surface area contributed by atoms with Gasteiger partial charge in [0.1, 0.15) is 17.1 Å². The number of furan rings is 1. The van der Waals surface area contributed by atoms with Gasteiger partial charge in [0.2, 0.25) is 5.82 Å². The van der Waals surface area contributed by atoms with E-state index in [0.717, 1.165) is 14.5 Å². The van der Waals surface area contributed by atoms with Crippen molar-refractivity contribution in [3.63, 3.8) is 0 Å². The molecule has 0 bridgehead atoms. The molecule has 2 heterocycles. The lowest BCUT2D eigenvalue weighted by Crippen LogP contribution is -2.20. The summed E-state index contributed by atoms with van der Waals surface area (Å²) in [6.45, 7) is 0. The SMILES string of the molecule is COc1cc(F)c(Oc2ccccc2)cc1C=Nn1c(-c2cc3cc(Br)ccc3o2)nc2ccccc2c1=O. The molecule has 0 aliphatic rings. The van der Waals surface area contributed by atoms with Crippen LogP contribution in [0.1, 0.15) is 5.56 Å². The summed E-state index contributed by atoms with van der Waals surface area (Å²) in [5, 5.41) is 5.69. The first kappa shape index (κ1) is 24.6. The van der Waals surface area contributed by atoms with Crippen molar-refractivity contribution in [2.75, 3.05) is 7.11 Å². The molecule has 0 saturated carbocycles. The summed E-state index contributed by atoms with van der Waals surface area (Å²) in [6, 6.07) is 25.9. The third kappa shape index (κ3) is 4.80. The lowest BCUT2D eigenvalue weighted by atomic mass is 10.2. The van der Waals surface area contributed by atoms with Crippen molar-refractivity contribution < 1.29 is 18.3 Å². The van der Waals surface area contributed by atoms with Crippen LogP contribution in [0.3, 0.4) is 0 Å². The predicted octanol–water partition coefficient (Wildman–Crippen LogP) is 7.39. The number of fused-ring (bicyclic) bond motifs is 2. The largest absolute Gasteiger partial charge is 0.496 e. The second-order valence-corrected chi connectivity index (χ2v) is 9.46. The Morgan fingerprint density at radius 2 is 1.77 bits per heavy atom. The Hall–Kier alpha value is -4.76. The van der Waals surface area contributed by atoms with E-state index < -0.39 is 11.4 Å². The number of nitrogens with zero attached hydrogens (tertiary/aromatic N) is 3.